The number of hydrogen-bond donors (Lipinski definition) is 1. The molecule has 0 radical (unpaired) electrons. The maximum absolute atomic E-state index is 14.3. The van der Waals surface area contributed by atoms with Gasteiger partial charge in [-0.3, -0.25) is 13.9 Å². The molecule has 0 spiro atoms. The van der Waals surface area contributed by atoms with Crippen molar-refractivity contribution in [3.05, 3.63) is 83.4 Å². The van der Waals surface area contributed by atoms with E-state index >= 15 is 0 Å². The Bertz CT molecular complexity index is 1500. The summed E-state index contributed by atoms with van der Waals surface area (Å²) in [5.74, 6) is -0.0623. The van der Waals surface area contributed by atoms with Crippen LogP contribution in [0.2, 0.25) is 5.02 Å². The fourth-order valence-electron chi connectivity index (χ4n) is 5.30. The molecule has 4 rings (SSSR count). The van der Waals surface area contributed by atoms with Gasteiger partial charge in [-0.05, 0) is 61.2 Å². The van der Waals surface area contributed by atoms with E-state index in [1.54, 1.807) is 54.6 Å². The van der Waals surface area contributed by atoms with E-state index in [1.807, 2.05) is 6.92 Å². The minimum Gasteiger partial charge on any atom is -0.493 e. The predicted molar refractivity (Wildman–Crippen MR) is 167 cm³/mol. The number of methoxy groups -OCH3 is 2. The molecule has 0 bridgehead atoms. The van der Waals surface area contributed by atoms with Crippen molar-refractivity contribution in [1.29, 1.82) is 0 Å². The van der Waals surface area contributed by atoms with Gasteiger partial charge in [0.25, 0.3) is 10.0 Å². The number of nitrogens with zero attached hydrogens (tertiary/aromatic N) is 2. The van der Waals surface area contributed by atoms with Gasteiger partial charge in [0.15, 0.2) is 11.5 Å². The third-order valence-electron chi connectivity index (χ3n) is 7.62. The lowest BCUT2D eigenvalue weighted by Crippen LogP contribution is -2.53. The number of hydrogen-bond acceptors (Lipinski definition) is 6. The molecule has 2 amide bonds. The van der Waals surface area contributed by atoms with Crippen LogP contribution in [0, 0.1) is 0 Å². The first kappa shape index (κ1) is 32.2. The number of benzene rings is 3. The standard InChI is InChI=1S/C32H38ClN3O6S/c1-4-28(32(38)34-25-10-8-9-11-25)35(21-23-14-16-24(33)17-15-23)31(37)22-36(43(39,40)27-12-6-5-7-13-27)26-18-19-29(41-2)30(20-26)42-3/h5-7,12-20,25,28H,4,8-11,21-22H2,1-3H3,(H,34,38)/t28-/m0/s1. The topological polar surface area (TPSA) is 105 Å². The van der Waals surface area contributed by atoms with E-state index in [0.29, 0.717) is 22.9 Å². The molecule has 11 heteroatoms. The SMILES string of the molecule is CC[C@@H](C(=O)NC1CCCC1)N(Cc1ccc(Cl)cc1)C(=O)CN(c1ccc(OC)c(OC)c1)S(=O)(=O)c1ccccc1. The highest BCUT2D eigenvalue weighted by atomic mass is 35.5. The number of sulfonamides is 1. The Morgan fingerprint density at radius 1 is 0.953 bits per heavy atom. The van der Waals surface area contributed by atoms with Gasteiger partial charge in [-0.15, -0.1) is 0 Å². The fraction of sp³-hybridized carbons (Fsp3) is 0.375. The average molecular weight is 628 g/mol. The van der Waals surface area contributed by atoms with Crippen LogP contribution < -0.4 is 19.1 Å². The lowest BCUT2D eigenvalue weighted by molar-refractivity contribution is -0.140. The first-order chi connectivity index (χ1) is 20.7. The Hall–Kier alpha value is -3.76. The number of carbonyl (C=O) groups excluding carboxylic acids is 2. The maximum atomic E-state index is 14.3. The van der Waals surface area contributed by atoms with Crippen molar-refractivity contribution in [2.45, 2.75) is 62.6 Å². The highest BCUT2D eigenvalue weighted by molar-refractivity contribution is 7.92. The Morgan fingerprint density at radius 3 is 2.21 bits per heavy atom. The van der Waals surface area contributed by atoms with Gasteiger partial charge in [-0.1, -0.05) is 61.7 Å². The molecule has 1 aliphatic carbocycles. The van der Waals surface area contributed by atoms with Gasteiger partial charge in [0.2, 0.25) is 11.8 Å². The van der Waals surface area contributed by atoms with E-state index < -0.39 is 28.5 Å². The highest BCUT2D eigenvalue weighted by Gasteiger charge is 2.35. The predicted octanol–water partition coefficient (Wildman–Crippen LogP) is 5.42. The minimum absolute atomic E-state index is 0.0212. The summed E-state index contributed by atoms with van der Waals surface area (Å²) in [6.07, 6.45) is 4.24. The van der Waals surface area contributed by atoms with Crippen molar-refractivity contribution in [2.24, 2.45) is 0 Å². The van der Waals surface area contributed by atoms with Crippen LogP contribution in [-0.4, -0.2) is 58.0 Å². The molecule has 43 heavy (non-hydrogen) atoms. The number of rotatable bonds is 13. The molecule has 1 fully saturated rings. The average Bonchev–Trinajstić information content (AvgIpc) is 3.53. The molecule has 0 heterocycles. The molecule has 230 valence electrons. The summed E-state index contributed by atoms with van der Waals surface area (Å²) < 4.78 is 39.9. The summed E-state index contributed by atoms with van der Waals surface area (Å²) in [4.78, 5) is 29.3. The van der Waals surface area contributed by atoms with Gasteiger partial charge in [0, 0.05) is 23.7 Å². The number of anilines is 1. The van der Waals surface area contributed by atoms with Gasteiger partial charge in [-0.2, -0.15) is 0 Å². The van der Waals surface area contributed by atoms with Crippen molar-refractivity contribution in [2.75, 3.05) is 25.1 Å². The molecule has 0 unspecified atom stereocenters. The van der Waals surface area contributed by atoms with Crippen LogP contribution in [0.3, 0.4) is 0 Å². The molecule has 1 atom stereocenters. The Morgan fingerprint density at radius 2 is 1.60 bits per heavy atom. The van der Waals surface area contributed by atoms with E-state index in [0.717, 1.165) is 35.6 Å². The molecule has 1 saturated carbocycles. The molecule has 0 aromatic heterocycles. The molecular weight excluding hydrogens is 590 g/mol. The fourth-order valence-corrected chi connectivity index (χ4v) is 6.86. The third kappa shape index (κ3) is 7.80. The third-order valence-corrected chi connectivity index (χ3v) is 9.66. The van der Waals surface area contributed by atoms with Crippen LogP contribution in [0.1, 0.15) is 44.6 Å². The Labute approximate surface area is 258 Å². The van der Waals surface area contributed by atoms with E-state index in [-0.39, 0.29) is 29.1 Å². The van der Waals surface area contributed by atoms with Crippen LogP contribution in [0.25, 0.3) is 0 Å². The zero-order chi connectivity index (χ0) is 31.0. The van der Waals surface area contributed by atoms with E-state index in [9.17, 15) is 18.0 Å². The molecule has 1 N–H and O–H groups in total. The van der Waals surface area contributed by atoms with Gasteiger partial charge in [0.1, 0.15) is 12.6 Å². The second-order valence-electron chi connectivity index (χ2n) is 10.4. The molecular formula is C32H38ClN3O6S. The summed E-state index contributed by atoms with van der Waals surface area (Å²) in [6.45, 7) is 1.39. The summed E-state index contributed by atoms with van der Waals surface area (Å²) in [5.41, 5.74) is 0.971. The van der Waals surface area contributed by atoms with Crippen LogP contribution in [0.15, 0.2) is 77.7 Å². The summed E-state index contributed by atoms with van der Waals surface area (Å²) in [7, 11) is -1.27. The first-order valence-electron chi connectivity index (χ1n) is 14.3. The first-order valence-corrected chi connectivity index (χ1v) is 16.1. The van der Waals surface area contributed by atoms with E-state index in [2.05, 4.69) is 5.32 Å². The molecule has 9 nitrogen and oxygen atoms in total. The number of carbonyl (C=O) groups is 2. The van der Waals surface area contributed by atoms with Crippen molar-refractivity contribution < 1.29 is 27.5 Å². The van der Waals surface area contributed by atoms with Gasteiger partial charge in [-0.25, -0.2) is 8.42 Å². The van der Waals surface area contributed by atoms with Crippen LogP contribution >= 0.6 is 11.6 Å². The zero-order valence-electron chi connectivity index (χ0n) is 24.7. The minimum atomic E-state index is -4.21. The lowest BCUT2D eigenvalue weighted by atomic mass is 10.1. The molecule has 0 saturated heterocycles. The maximum Gasteiger partial charge on any atom is 0.264 e. The number of ether oxygens (including phenoxy) is 2. The molecule has 0 aliphatic heterocycles. The molecule has 3 aromatic rings. The van der Waals surface area contributed by atoms with Gasteiger partial charge >= 0.3 is 0 Å². The molecule has 1 aliphatic rings. The van der Waals surface area contributed by atoms with E-state index in [4.69, 9.17) is 21.1 Å². The summed E-state index contributed by atoms with van der Waals surface area (Å²) in [6, 6.07) is 18.8. The van der Waals surface area contributed by atoms with E-state index in [1.165, 1.54) is 37.3 Å². The van der Waals surface area contributed by atoms with Crippen molar-refractivity contribution in [1.82, 2.24) is 10.2 Å². The summed E-state index contributed by atoms with van der Waals surface area (Å²) in [5, 5.41) is 3.66. The highest BCUT2D eigenvalue weighted by Crippen LogP contribution is 2.34. The lowest BCUT2D eigenvalue weighted by Gasteiger charge is -2.34. The van der Waals surface area contributed by atoms with Crippen molar-refractivity contribution in [3.8, 4) is 11.5 Å². The van der Waals surface area contributed by atoms with Crippen molar-refractivity contribution >= 4 is 39.1 Å². The Balaban J connectivity index is 1.74. The van der Waals surface area contributed by atoms with Crippen LogP contribution in [0.5, 0.6) is 11.5 Å². The van der Waals surface area contributed by atoms with Crippen LogP contribution in [-0.2, 0) is 26.2 Å². The quantitative estimate of drug-likeness (QED) is 0.271. The second-order valence-corrected chi connectivity index (χ2v) is 12.7. The Kier molecular flexibility index (Phi) is 10.9. The second kappa shape index (κ2) is 14.6. The zero-order valence-corrected chi connectivity index (χ0v) is 26.2. The van der Waals surface area contributed by atoms with Crippen LogP contribution in [0.4, 0.5) is 5.69 Å². The number of halogens is 1. The van der Waals surface area contributed by atoms with Gasteiger partial charge in [0.05, 0.1) is 24.8 Å². The smallest absolute Gasteiger partial charge is 0.264 e. The largest absolute Gasteiger partial charge is 0.493 e. The monoisotopic (exact) mass is 627 g/mol. The summed E-state index contributed by atoms with van der Waals surface area (Å²) >= 11 is 6.10. The normalized spacial score (nSPS) is 14.1. The number of nitrogens with one attached hydrogen (secondary N) is 1. The molecule has 3 aromatic carbocycles. The van der Waals surface area contributed by atoms with Gasteiger partial charge < -0.3 is 19.7 Å². The van der Waals surface area contributed by atoms with Crippen molar-refractivity contribution in [3.63, 3.8) is 0 Å². The number of amides is 2.